The summed E-state index contributed by atoms with van der Waals surface area (Å²) in [6.45, 7) is 0. The summed E-state index contributed by atoms with van der Waals surface area (Å²) >= 11 is 1.56. The van der Waals surface area contributed by atoms with Crippen LogP contribution in [0.1, 0.15) is 10.4 Å². The lowest BCUT2D eigenvalue weighted by molar-refractivity contribution is 0.102. The molecule has 6 nitrogen and oxygen atoms in total. The van der Waals surface area contributed by atoms with E-state index in [4.69, 9.17) is 19.2 Å². The number of thiazole rings is 1. The first kappa shape index (κ1) is 19.7. The van der Waals surface area contributed by atoms with Crippen LogP contribution in [0.2, 0.25) is 0 Å². The van der Waals surface area contributed by atoms with Crippen molar-refractivity contribution in [2.24, 2.45) is 0 Å². The van der Waals surface area contributed by atoms with Gasteiger partial charge in [0.2, 0.25) is 0 Å². The third kappa shape index (κ3) is 3.92. The molecule has 30 heavy (non-hydrogen) atoms. The molecule has 152 valence electrons. The summed E-state index contributed by atoms with van der Waals surface area (Å²) in [7, 11) is 4.83. The summed E-state index contributed by atoms with van der Waals surface area (Å²) < 4.78 is 17.0. The van der Waals surface area contributed by atoms with Crippen LogP contribution in [0.5, 0.6) is 17.2 Å². The SMILES string of the molecule is COc1ccc(C(=O)Nc2ccc(-c3nc4ccc(OC)cc4s3)c(OC)c2)cc1. The zero-order valence-corrected chi connectivity index (χ0v) is 17.6. The van der Waals surface area contributed by atoms with Gasteiger partial charge in [-0.2, -0.15) is 0 Å². The second kappa shape index (κ2) is 8.42. The lowest BCUT2D eigenvalue weighted by atomic mass is 10.1. The van der Waals surface area contributed by atoms with E-state index in [0.29, 0.717) is 22.7 Å². The third-order valence-electron chi connectivity index (χ3n) is 4.64. The number of ether oxygens (including phenoxy) is 3. The van der Waals surface area contributed by atoms with Gasteiger partial charge in [0.15, 0.2) is 0 Å². The average Bonchev–Trinajstić information content (AvgIpc) is 3.22. The van der Waals surface area contributed by atoms with E-state index >= 15 is 0 Å². The molecule has 0 fully saturated rings. The topological polar surface area (TPSA) is 69.7 Å². The number of hydrogen-bond acceptors (Lipinski definition) is 6. The summed E-state index contributed by atoms with van der Waals surface area (Å²) in [6.07, 6.45) is 0. The molecular formula is C23H20N2O4S. The highest BCUT2D eigenvalue weighted by molar-refractivity contribution is 7.21. The predicted octanol–water partition coefficient (Wildman–Crippen LogP) is 5.24. The van der Waals surface area contributed by atoms with Gasteiger partial charge >= 0.3 is 0 Å². The van der Waals surface area contributed by atoms with Gasteiger partial charge in [0, 0.05) is 17.3 Å². The van der Waals surface area contributed by atoms with Gasteiger partial charge in [-0.15, -0.1) is 11.3 Å². The summed E-state index contributed by atoms with van der Waals surface area (Å²) in [4.78, 5) is 17.2. The molecule has 0 aliphatic rings. The molecule has 0 radical (unpaired) electrons. The normalized spacial score (nSPS) is 10.6. The number of rotatable bonds is 6. The predicted molar refractivity (Wildman–Crippen MR) is 119 cm³/mol. The van der Waals surface area contributed by atoms with Gasteiger partial charge in [0.25, 0.3) is 5.91 Å². The van der Waals surface area contributed by atoms with Crippen molar-refractivity contribution in [2.75, 3.05) is 26.6 Å². The Morgan fingerprint density at radius 2 is 1.60 bits per heavy atom. The van der Waals surface area contributed by atoms with Crippen LogP contribution < -0.4 is 19.5 Å². The Balaban J connectivity index is 1.60. The van der Waals surface area contributed by atoms with Crippen molar-refractivity contribution in [3.8, 4) is 27.8 Å². The molecular weight excluding hydrogens is 400 g/mol. The van der Waals surface area contributed by atoms with Gasteiger partial charge in [-0.05, 0) is 54.6 Å². The molecule has 0 saturated heterocycles. The van der Waals surface area contributed by atoms with Gasteiger partial charge in [0.1, 0.15) is 22.3 Å². The molecule has 1 N–H and O–H groups in total. The van der Waals surface area contributed by atoms with Crippen molar-refractivity contribution in [1.82, 2.24) is 4.98 Å². The number of benzene rings is 3. The molecule has 3 aromatic carbocycles. The van der Waals surface area contributed by atoms with Crippen molar-refractivity contribution in [2.45, 2.75) is 0 Å². The standard InChI is InChI=1S/C23H20N2O4S/c1-27-16-7-4-14(5-8-16)22(26)24-15-6-10-18(20(12-15)29-3)23-25-19-11-9-17(28-2)13-21(19)30-23/h4-13H,1-3H3,(H,24,26). The highest BCUT2D eigenvalue weighted by atomic mass is 32.1. The Morgan fingerprint density at radius 1 is 0.867 bits per heavy atom. The van der Waals surface area contributed by atoms with Crippen molar-refractivity contribution < 1.29 is 19.0 Å². The number of hydrogen-bond donors (Lipinski definition) is 1. The minimum absolute atomic E-state index is 0.209. The molecule has 0 aliphatic carbocycles. The van der Waals surface area contributed by atoms with Gasteiger partial charge in [-0.25, -0.2) is 4.98 Å². The number of carbonyl (C=O) groups excluding carboxylic acids is 1. The Bertz CT molecular complexity index is 1200. The van der Waals surface area contributed by atoms with Gasteiger partial charge in [0.05, 0.1) is 37.1 Å². The third-order valence-corrected chi connectivity index (χ3v) is 5.69. The highest BCUT2D eigenvalue weighted by Gasteiger charge is 2.14. The highest BCUT2D eigenvalue weighted by Crippen LogP contribution is 2.38. The van der Waals surface area contributed by atoms with E-state index in [-0.39, 0.29) is 5.91 Å². The second-order valence-electron chi connectivity index (χ2n) is 6.45. The minimum Gasteiger partial charge on any atom is -0.497 e. The van der Waals surface area contributed by atoms with Crippen molar-refractivity contribution in [1.29, 1.82) is 0 Å². The van der Waals surface area contributed by atoms with Crippen LogP contribution in [0, 0.1) is 0 Å². The Hall–Kier alpha value is -3.58. The van der Waals surface area contributed by atoms with Crippen molar-refractivity contribution in [3.63, 3.8) is 0 Å². The number of nitrogens with zero attached hydrogens (tertiary/aromatic N) is 1. The Kier molecular flexibility index (Phi) is 5.54. The summed E-state index contributed by atoms with van der Waals surface area (Å²) in [6, 6.07) is 18.3. The minimum atomic E-state index is -0.209. The molecule has 0 spiro atoms. The lowest BCUT2D eigenvalue weighted by Crippen LogP contribution is -2.11. The number of fused-ring (bicyclic) bond motifs is 1. The van der Waals surface area contributed by atoms with E-state index < -0.39 is 0 Å². The maximum Gasteiger partial charge on any atom is 0.255 e. The fourth-order valence-corrected chi connectivity index (χ4v) is 4.06. The van der Waals surface area contributed by atoms with Gasteiger partial charge in [-0.1, -0.05) is 0 Å². The van der Waals surface area contributed by atoms with E-state index in [1.807, 2.05) is 30.3 Å². The molecule has 1 heterocycles. The summed E-state index contributed by atoms with van der Waals surface area (Å²) in [5.41, 5.74) is 2.94. The lowest BCUT2D eigenvalue weighted by Gasteiger charge is -2.10. The smallest absolute Gasteiger partial charge is 0.255 e. The summed E-state index contributed by atoms with van der Waals surface area (Å²) in [5, 5.41) is 3.73. The monoisotopic (exact) mass is 420 g/mol. The van der Waals surface area contributed by atoms with Crippen LogP contribution in [-0.4, -0.2) is 32.2 Å². The molecule has 7 heteroatoms. The molecule has 0 atom stereocenters. The fourth-order valence-electron chi connectivity index (χ4n) is 3.04. The van der Waals surface area contributed by atoms with Crippen LogP contribution in [-0.2, 0) is 0 Å². The van der Waals surface area contributed by atoms with Crippen LogP contribution in [0.3, 0.4) is 0 Å². The summed E-state index contributed by atoms with van der Waals surface area (Å²) in [5.74, 6) is 1.92. The quantitative estimate of drug-likeness (QED) is 0.462. The largest absolute Gasteiger partial charge is 0.497 e. The second-order valence-corrected chi connectivity index (χ2v) is 7.48. The molecule has 0 bridgehead atoms. The number of aromatic nitrogens is 1. The number of nitrogens with one attached hydrogen (secondary N) is 1. The van der Waals surface area contributed by atoms with Gasteiger partial charge in [-0.3, -0.25) is 4.79 Å². The number of carbonyl (C=O) groups is 1. The maximum absolute atomic E-state index is 12.5. The first-order valence-electron chi connectivity index (χ1n) is 9.19. The molecule has 0 aliphatic heterocycles. The fraction of sp³-hybridized carbons (Fsp3) is 0.130. The first-order chi connectivity index (χ1) is 14.6. The number of methoxy groups -OCH3 is 3. The van der Waals surface area contributed by atoms with Crippen LogP contribution >= 0.6 is 11.3 Å². The molecule has 4 aromatic rings. The zero-order valence-electron chi connectivity index (χ0n) is 16.8. The van der Waals surface area contributed by atoms with Crippen molar-refractivity contribution >= 4 is 33.1 Å². The van der Waals surface area contributed by atoms with E-state index in [1.165, 1.54) is 0 Å². The molecule has 0 saturated carbocycles. The van der Waals surface area contributed by atoms with E-state index in [1.54, 1.807) is 63.0 Å². The van der Waals surface area contributed by atoms with E-state index in [2.05, 4.69) is 5.32 Å². The zero-order chi connectivity index (χ0) is 21.1. The number of amides is 1. The molecule has 0 unspecified atom stereocenters. The van der Waals surface area contributed by atoms with Crippen LogP contribution in [0.4, 0.5) is 5.69 Å². The average molecular weight is 420 g/mol. The van der Waals surface area contributed by atoms with E-state index in [9.17, 15) is 4.79 Å². The van der Waals surface area contributed by atoms with Crippen LogP contribution in [0.25, 0.3) is 20.8 Å². The van der Waals surface area contributed by atoms with Crippen LogP contribution in [0.15, 0.2) is 60.7 Å². The Labute approximate surface area is 178 Å². The number of anilines is 1. The molecule has 4 rings (SSSR count). The maximum atomic E-state index is 12.5. The molecule has 1 amide bonds. The first-order valence-corrected chi connectivity index (χ1v) is 10.0. The van der Waals surface area contributed by atoms with E-state index in [0.717, 1.165) is 26.5 Å². The Morgan fingerprint density at radius 3 is 2.30 bits per heavy atom. The van der Waals surface area contributed by atoms with Crippen molar-refractivity contribution in [3.05, 3.63) is 66.2 Å². The molecule has 1 aromatic heterocycles. The van der Waals surface area contributed by atoms with Gasteiger partial charge < -0.3 is 19.5 Å².